The number of rotatable bonds is 1. The molecule has 0 amide bonds. The predicted octanol–water partition coefficient (Wildman–Crippen LogP) is -2.40. The van der Waals surface area contributed by atoms with Crippen LogP contribution in [-0.2, 0) is 25.9 Å². The number of carbonyl (C=O) groups is 1. The second-order valence-electron chi connectivity index (χ2n) is 0.936. The van der Waals surface area contributed by atoms with Gasteiger partial charge < -0.3 is 14.7 Å². The molecule has 2 N–H and O–H groups in total. The summed E-state index contributed by atoms with van der Waals surface area (Å²) in [4.78, 5) is 9.71. The molecule has 0 bridgehead atoms. The molecule has 0 aromatic rings. The fourth-order valence-electron chi connectivity index (χ4n) is 0.148. The zero-order chi connectivity index (χ0) is 5.86. The zero-order valence-corrected chi connectivity index (χ0v) is 11.3. The summed E-state index contributed by atoms with van der Waals surface area (Å²) in [5.41, 5.74) is 0. The maximum atomic E-state index is 9.71. The van der Waals surface area contributed by atoms with Crippen molar-refractivity contribution in [2.75, 3.05) is 0 Å². The molecule has 0 aromatic heterocycles. The van der Waals surface area contributed by atoms with E-state index in [1.54, 1.807) is 0 Å². The number of hydrogen-bond acceptors (Lipinski definition) is 4. The second-order valence-corrected chi connectivity index (χ2v) is 0.936. The topological polar surface area (TPSA) is 66.8 Å². The standard InChI is InChI=1S/C2H5BO4.Ni.Pb.2H/c1-2(4)7-3(5)6;;;;/h5-6H,1H3;;;;. The first-order valence-electron chi connectivity index (χ1n) is 1.66. The monoisotopic (exact) mass is 372 g/mol. The maximum absolute atomic E-state index is 9.71. The van der Waals surface area contributed by atoms with Crippen LogP contribution < -0.4 is 0 Å². The van der Waals surface area contributed by atoms with Gasteiger partial charge in [0.1, 0.15) is 0 Å². The molecule has 0 rings (SSSR count). The average Bonchev–Trinajstić information content (AvgIpc) is 1.27. The van der Waals surface area contributed by atoms with Gasteiger partial charge >= 0.3 is 34.6 Å². The van der Waals surface area contributed by atoms with E-state index in [9.17, 15) is 4.79 Å². The molecule has 0 aromatic carbocycles. The molecule has 0 saturated carbocycles. The van der Waals surface area contributed by atoms with Crippen LogP contribution in [0.5, 0.6) is 0 Å². The third kappa shape index (κ3) is 17.7. The second kappa shape index (κ2) is 8.87. The van der Waals surface area contributed by atoms with Gasteiger partial charge in [-0.1, -0.05) is 0 Å². The molecule has 0 saturated heterocycles. The Kier molecular flexibility index (Phi) is 16.2. The van der Waals surface area contributed by atoms with E-state index in [1.807, 2.05) is 0 Å². The SMILES string of the molecule is CC(=O)OB(O)O.[Ni].[PbH2]. The Morgan fingerprint density at radius 3 is 1.89 bits per heavy atom. The van der Waals surface area contributed by atoms with Crippen LogP contribution in [0.25, 0.3) is 0 Å². The van der Waals surface area contributed by atoms with Gasteiger partial charge in [0.2, 0.25) is 0 Å². The van der Waals surface area contributed by atoms with Gasteiger partial charge in [0.25, 0.3) is 5.97 Å². The summed E-state index contributed by atoms with van der Waals surface area (Å²) in [6.07, 6.45) is 0. The Bertz CT molecular complexity index is 79.0. The van der Waals surface area contributed by atoms with Crippen molar-refractivity contribution < 1.29 is 36.0 Å². The molecule has 0 aliphatic carbocycles. The molecule has 0 aliphatic heterocycles. The van der Waals surface area contributed by atoms with E-state index in [0.29, 0.717) is 0 Å². The molecule has 0 unspecified atom stereocenters. The molecule has 4 nitrogen and oxygen atoms in total. The molecule has 0 spiro atoms. The van der Waals surface area contributed by atoms with Gasteiger partial charge in [-0.2, -0.15) is 0 Å². The Morgan fingerprint density at radius 1 is 1.56 bits per heavy atom. The summed E-state index contributed by atoms with van der Waals surface area (Å²) in [6, 6.07) is 0. The number of hydrogen-bond donors (Lipinski definition) is 2. The predicted molar refractivity (Wildman–Crippen MR) is 30.5 cm³/mol. The van der Waals surface area contributed by atoms with Gasteiger partial charge in [0, 0.05) is 23.4 Å². The van der Waals surface area contributed by atoms with Gasteiger partial charge in [-0.05, 0) is 0 Å². The minimum atomic E-state index is -1.97. The molecule has 9 heavy (non-hydrogen) atoms. The Labute approximate surface area is 83.2 Å². The molecule has 0 heterocycles. The van der Waals surface area contributed by atoms with Crippen LogP contribution in [0.2, 0.25) is 0 Å². The number of carbonyl (C=O) groups excluding carboxylic acids is 1. The molecular formula is C2H7BNiO4Pb. The van der Waals surface area contributed by atoms with Crippen molar-refractivity contribution in [1.29, 1.82) is 0 Å². The van der Waals surface area contributed by atoms with E-state index >= 15 is 0 Å². The average molecular weight is 372 g/mol. The molecule has 2 radical (unpaired) electrons. The molecule has 7 heteroatoms. The fourth-order valence-corrected chi connectivity index (χ4v) is 0.148. The van der Waals surface area contributed by atoms with Crippen LogP contribution in [0, 0.1) is 0 Å². The van der Waals surface area contributed by atoms with Crippen LogP contribution in [0.1, 0.15) is 6.92 Å². The Morgan fingerprint density at radius 2 is 1.89 bits per heavy atom. The summed E-state index contributed by atoms with van der Waals surface area (Å²) in [5.74, 6) is -0.713. The van der Waals surface area contributed by atoms with Crippen molar-refractivity contribution in [2.45, 2.75) is 6.92 Å². The molecule has 0 aliphatic rings. The normalized spacial score (nSPS) is 6.11. The quantitative estimate of drug-likeness (QED) is 0.504. The first-order chi connectivity index (χ1) is 3.13. The summed E-state index contributed by atoms with van der Waals surface area (Å²) in [5, 5.41) is 15.7. The van der Waals surface area contributed by atoms with E-state index in [2.05, 4.69) is 4.65 Å². The van der Waals surface area contributed by atoms with Crippen LogP contribution >= 0.6 is 0 Å². The summed E-state index contributed by atoms with van der Waals surface area (Å²) >= 11 is 0. The van der Waals surface area contributed by atoms with Crippen LogP contribution in [-0.4, -0.2) is 50.6 Å². The van der Waals surface area contributed by atoms with Crippen molar-refractivity contribution in [1.82, 2.24) is 0 Å². The van der Waals surface area contributed by atoms with Gasteiger partial charge in [-0.15, -0.1) is 0 Å². The Hall–Kier alpha value is 0.871. The van der Waals surface area contributed by atoms with Crippen LogP contribution in [0.15, 0.2) is 0 Å². The van der Waals surface area contributed by atoms with Crippen molar-refractivity contribution in [3.63, 3.8) is 0 Å². The molecule has 0 atom stereocenters. The van der Waals surface area contributed by atoms with Gasteiger partial charge in [0.15, 0.2) is 0 Å². The third-order valence-corrected chi connectivity index (χ3v) is 0.271. The first kappa shape index (κ1) is 16.5. The molecule has 0 fully saturated rings. The van der Waals surface area contributed by atoms with Crippen molar-refractivity contribution in [3.8, 4) is 0 Å². The van der Waals surface area contributed by atoms with Crippen molar-refractivity contribution >= 4 is 40.6 Å². The van der Waals surface area contributed by atoms with E-state index in [4.69, 9.17) is 10.0 Å². The first-order valence-corrected chi connectivity index (χ1v) is 1.66. The summed E-state index contributed by atoms with van der Waals surface area (Å²) in [7, 11) is -1.97. The summed E-state index contributed by atoms with van der Waals surface area (Å²) in [6.45, 7) is 1.08. The van der Waals surface area contributed by atoms with Crippen molar-refractivity contribution in [2.24, 2.45) is 0 Å². The fraction of sp³-hybridized carbons (Fsp3) is 0.500. The van der Waals surface area contributed by atoms with E-state index in [0.717, 1.165) is 6.92 Å². The molecular weight excluding hydrogens is 365 g/mol. The Balaban J connectivity index is -0.000000180. The molecule has 56 valence electrons. The van der Waals surface area contributed by atoms with Crippen molar-refractivity contribution in [3.05, 3.63) is 0 Å². The van der Waals surface area contributed by atoms with E-state index in [-0.39, 0.29) is 43.8 Å². The van der Waals surface area contributed by atoms with Crippen LogP contribution in [0.3, 0.4) is 0 Å². The third-order valence-electron chi connectivity index (χ3n) is 0.271. The minimum absolute atomic E-state index is 0. The van der Waals surface area contributed by atoms with Gasteiger partial charge in [-0.25, -0.2) is 0 Å². The van der Waals surface area contributed by atoms with Crippen LogP contribution in [0.4, 0.5) is 0 Å². The van der Waals surface area contributed by atoms with Gasteiger partial charge in [-0.3, -0.25) is 4.79 Å². The zero-order valence-electron chi connectivity index (χ0n) is 4.81. The van der Waals surface area contributed by atoms with E-state index in [1.165, 1.54) is 0 Å². The van der Waals surface area contributed by atoms with E-state index < -0.39 is 13.3 Å². The summed E-state index contributed by atoms with van der Waals surface area (Å²) < 4.78 is 3.72. The van der Waals surface area contributed by atoms with Gasteiger partial charge in [0.05, 0.1) is 0 Å².